The van der Waals surface area contributed by atoms with E-state index in [1.165, 1.54) is 0 Å². The summed E-state index contributed by atoms with van der Waals surface area (Å²) >= 11 is 0. The van der Waals surface area contributed by atoms with Crippen molar-refractivity contribution >= 4 is 5.95 Å². The van der Waals surface area contributed by atoms with Crippen LogP contribution >= 0.6 is 0 Å². The molecular weight excluding hydrogens is 158 g/mol. The van der Waals surface area contributed by atoms with Crippen molar-refractivity contribution in [2.24, 2.45) is 0 Å². The zero-order valence-corrected chi connectivity index (χ0v) is 6.70. The zero-order valence-electron chi connectivity index (χ0n) is 6.70. The van der Waals surface area contributed by atoms with E-state index in [2.05, 4.69) is 9.97 Å². The van der Waals surface area contributed by atoms with Gasteiger partial charge in [-0.1, -0.05) is 0 Å². The third-order valence-corrected chi connectivity index (χ3v) is 1.73. The Morgan fingerprint density at radius 1 is 1.50 bits per heavy atom. The lowest BCUT2D eigenvalue weighted by Crippen LogP contribution is -2.00. The third-order valence-electron chi connectivity index (χ3n) is 1.73. The van der Waals surface area contributed by atoms with Crippen molar-refractivity contribution in [2.75, 3.05) is 19.5 Å². The Kier molecular flexibility index (Phi) is 1.49. The second kappa shape index (κ2) is 2.51. The summed E-state index contributed by atoms with van der Waals surface area (Å²) in [6, 6.07) is 0. The van der Waals surface area contributed by atoms with E-state index in [-0.39, 0.29) is 5.95 Å². The fourth-order valence-electron chi connectivity index (χ4n) is 1.21. The highest BCUT2D eigenvalue weighted by molar-refractivity contribution is 5.42. The van der Waals surface area contributed by atoms with Crippen molar-refractivity contribution in [2.45, 2.75) is 6.42 Å². The normalized spacial score (nSPS) is 13.8. The summed E-state index contributed by atoms with van der Waals surface area (Å²) in [5.41, 5.74) is 6.33. The molecule has 0 aliphatic carbocycles. The minimum Gasteiger partial charge on any atom is -0.481 e. The van der Waals surface area contributed by atoms with E-state index in [1.54, 1.807) is 7.11 Å². The molecule has 64 valence electrons. The van der Waals surface area contributed by atoms with Crippen molar-refractivity contribution < 1.29 is 9.47 Å². The Morgan fingerprint density at radius 3 is 3.08 bits per heavy atom. The topological polar surface area (TPSA) is 70.3 Å². The Bertz CT molecular complexity index is 314. The lowest BCUT2D eigenvalue weighted by molar-refractivity contribution is 0.344. The standard InChI is InChI=1S/C7H9N3O2/c1-11-5-4-2-3-12-6(4)10-7(8)9-5/h2-3H2,1H3,(H2,8,9,10). The van der Waals surface area contributed by atoms with E-state index >= 15 is 0 Å². The molecule has 1 aromatic heterocycles. The molecule has 2 N–H and O–H groups in total. The first-order valence-electron chi connectivity index (χ1n) is 3.64. The van der Waals surface area contributed by atoms with E-state index in [0.29, 0.717) is 18.4 Å². The van der Waals surface area contributed by atoms with Crippen molar-refractivity contribution in [3.8, 4) is 11.8 Å². The number of hydrogen-bond acceptors (Lipinski definition) is 5. The summed E-state index contributed by atoms with van der Waals surface area (Å²) in [6.45, 7) is 0.629. The van der Waals surface area contributed by atoms with Crippen LogP contribution < -0.4 is 15.2 Å². The lowest BCUT2D eigenvalue weighted by Gasteiger charge is -2.03. The summed E-state index contributed by atoms with van der Waals surface area (Å²) in [5.74, 6) is 1.27. The van der Waals surface area contributed by atoms with Gasteiger partial charge >= 0.3 is 0 Å². The number of nitrogens with two attached hydrogens (primary N) is 1. The number of nitrogen functional groups attached to an aromatic ring is 1. The molecule has 1 aliphatic rings. The SMILES string of the molecule is COc1nc(N)nc2c1CCO2. The molecule has 0 unspecified atom stereocenters. The number of hydrogen-bond donors (Lipinski definition) is 1. The maximum atomic E-state index is 5.42. The van der Waals surface area contributed by atoms with Crippen LogP contribution in [-0.4, -0.2) is 23.7 Å². The highest BCUT2D eigenvalue weighted by Gasteiger charge is 2.20. The van der Waals surface area contributed by atoms with Gasteiger partial charge in [0.05, 0.1) is 19.3 Å². The molecule has 0 saturated heterocycles. The molecule has 2 heterocycles. The van der Waals surface area contributed by atoms with Gasteiger partial charge in [-0.15, -0.1) is 0 Å². The number of methoxy groups -OCH3 is 1. The van der Waals surface area contributed by atoms with E-state index in [4.69, 9.17) is 15.2 Å². The van der Waals surface area contributed by atoms with Gasteiger partial charge in [0, 0.05) is 6.42 Å². The van der Waals surface area contributed by atoms with Gasteiger partial charge in [0.1, 0.15) is 0 Å². The van der Waals surface area contributed by atoms with Gasteiger partial charge in [0.15, 0.2) is 0 Å². The molecule has 1 aromatic rings. The second-order valence-electron chi connectivity index (χ2n) is 2.47. The van der Waals surface area contributed by atoms with E-state index in [0.717, 1.165) is 12.0 Å². The predicted octanol–water partition coefficient (Wildman–Crippen LogP) is 0.00230. The van der Waals surface area contributed by atoms with Gasteiger partial charge in [-0.3, -0.25) is 0 Å². The van der Waals surface area contributed by atoms with Gasteiger partial charge in [0.2, 0.25) is 17.7 Å². The van der Waals surface area contributed by atoms with Gasteiger partial charge in [0.25, 0.3) is 0 Å². The average Bonchev–Trinajstić information content (AvgIpc) is 2.50. The number of ether oxygens (including phenoxy) is 2. The molecule has 0 atom stereocenters. The third kappa shape index (κ3) is 0.939. The van der Waals surface area contributed by atoms with Crippen LogP contribution in [0.25, 0.3) is 0 Å². The van der Waals surface area contributed by atoms with Crippen LogP contribution in [0.3, 0.4) is 0 Å². The Hall–Kier alpha value is -1.52. The smallest absolute Gasteiger partial charge is 0.226 e. The highest BCUT2D eigenvalue weighted by atomic mass is 16.5. The second-order valence-corrected chi connectivity index (χ2v) is 2.47. The van der Waals surface area contributed by atoms with Crippen LogP contribution in [0.15, 0.2) is 0 Å². The summed E-state index contributed by atoms with van der Waals surface area (Å²) in [6.07, 6.45) is 0.790. The quantitative estimate of drug-likeness (QED) is 0.637. The summed E-state index contributed by atoms with van der Waals surface area (Å²) in [7, 11) is 1.56. The molecule has 0 spiro atoms. The van der Waals surface area contributed by atoms with Gasteiger partial charge in [-0.2, -0.15) is 9.97 Å². The molecule has 2 rings (SSSR count). The molecule has 0 radical (unpaired) electrons. The minimum atomic E-state index is 0.188. The van der Waals surface area contributed by atoms with Crippen LogP contribution in [0.5, 0.6) is 11.8 Å². The predicted molar refractivity (Wildman–Crippen MR) is 42.2 cm³/mol. The highest BCUT2D eigenvalue weighted by Crippen LogP contribution is 2.30. The van der Waals surface area contributed by atoms with Crippen LogP contribution in [0.2, 0.25) is 0 Å². The molecule has 0 amide bonds. The van der Waals surface area contributed by atoms with Gasteiger partial charge in [-0.05, 0) is 0 Å². The zero-order chi connectivity index (χ0) is 8.55. The molecule has 5 heteroatoms. The van der Waals surface area contributed by atoms with Gasteiger partial charge in [-0.25, -0.2) is 0 Å². The first kappa shape index (κ1) is 7.15. The van der Waals surface area contributed by atoms with E-state index in [9.17, 15) is 0 Å². The van der Waals surface area contributed by atoms with Crippen LogP contribution in [0.1, 0.15) is 5.56 Å². The first-order chi connectivity index (χ1) is 5.81. The summed E-state index contributed by atoms with van der Waals surface area (Å²) < 4.78 is 10.2. The van der Waals surface area contributed by atoms with Crippen molar-refractivity contribution in [3.05, 3.63) is 5.56 Å². The number of anilines is 1. The molecule has 1 aliphatic heterocycles. The molecular formula is C7H9N3O2. The monoisotopic (exact) mass is 167 g/mol. The number of nitrogens with zero attached hydrogens (tertiary/aromatic N) is 2. The molecule has 0 saturated carbocycles. The van der Waals surface area contributed by atoms with Crippen molar-refractivity contribution in [1.29, 1.82) is 0 Å². The number of fused-ring (bicyclic) bond motifs is 1. The Balaban J connectivity index is 2.55. The molecule has 5 nitrogen and oxygen atoms in total. The summed E-state index contributed by atoms with van der Waals surface area (Å²) in [4.78, 5) is 7.85. The fourth-order valence-corrected chi connectivity index (χ4v) is 1.21. The van der Waals surface area contributed by atoms with Crippen LogP contribution in [0.4, 0.5) is 5.95 Å². The molecule has 12 heavy (non-hydrogen) atoms. The molecule has 0 aromatic carbocycles. The lowest BCUT2D eigenvalue weighted by atomic mass is 10.2. The largest absolute Gasteiger partial charge is 0.481 e. The van der Waals surface area contributed by atoms with Crippen LogP contribution in [-0.2, 0) is 6.42 Å². The molecule has 0 fully saturated rings. The van der Waals surface area contributed by atoms with E-state index in [1.807, 2.05) is 0 Å². The first-order valence-corrected chi connectivity index (χ1v) is 3.64. The maximum Gasteiger partial charge on any atom is 0.226 e. The van der Waals surface area contributed by atoms with Crippen molar-refractivity contribution in [1.82, 2.24) is 9.97 Å². The van der Waals surface area contributed by atoms with E-state index < -0.39 is 0 Å². The number of rotatable bonds is 1. The average molecular weight is 167 g/mol. The molecule has 0 bridgehead atoms. The Morgan fingerprint density at radius 2 is 2.33 bits per heavy atom. The minimum absolute atomic E-state index is 0.188. The fraction of sp³-hybridized carbons (Fsp3) is 0.429. The maximum absolute atomic E-state index is 5.42. The Labute approximate surface area is 69.5 Å². The van der Waals surface area contributed by atoms with Crippen LogP contribution in [0, 0.1) is 0 Å². The number of aromatic nitrogens is 2. The summed E-state index contributed by atoms with van der Waals surface area (Å²) in [5, 5.41) is 0. The van der Waals surface area contributed by atoms with Crippen molar-refractivity contribution in [3.63, 3.8) is 0 Å². The van der Waals surface area contributed by atoms with Gasteiger partial charge < -0.3 is 15.2 Å².